The van der Waals surface area contributed by atoms with E-state index in [1.54, 1.807) is 13.8 Å². The van der Waals surface area contributed by atoms with Gasteiger partial charge in [0.05, 0.1) is 0 Å². The molecule has 2 atom stereocenters. The normalized spacial score (nSPS) is 12.4. The van der Waals surface area contributed by atoms with Crippen LogP contribution >= 0.6 is 12.4 Å². The molecule has 3 N–H and O–H groups in total. The largest absolute Gasteiger partial charge is 0.429 e. The number of hydrazine groups is 1. The fourth-order valence-electron chi connectivity index (χ4n) is 1.90. The average Bonchev–Trinajstić information content (AvgIpc) is 2.52. The molecule has 0 aromatic carbocycles. The van der Waals surface area contributed by atoms with E-state index < -0.39 is 24.6 Å². The fraction of sp³-hybridized carbons (Fsp3) is 0.812. The van der Waals surface area contributed by atoms with E-state index in [4.69, 9.17) is 9.47 Å². The zero-order valence-electron chi connectivity index (χ0n) is 16.3. The predicted molar refractivity (Wildman–Crippen MR) is 101 cm³/mol. The van der Waals surface area contributed by atoms with E-state index in [0.29, 0.717) is 13.1 Å². The van der Waals surface area contributed by atoms with E-state index in [0.717, 1.165) is 25.7 Å². The summed E-state index contributed by atoms with van der Waals surface area (Å²) in [5.41, 5.74) is 2.51. The van der Waals surface area contributed by atoms with Crippen molar-refractivity contribution in [3.8, 4) is 0 Å². The van der Waals surface area contributed by atoms with E-state index in [9.17, 15) is 14.4 Å². The van der Waals surface area contributed by atoms with Crippen LogP contribution in [0.4, 0.5) is 9.59 Å². The lowest BCUT2D eigenvalue weighted by Crippen LogP contribution is -2.55. The van der Waals surface area contributed by atoms with Crippen LogP contribution in [0.3, 0.4) is 0 Å². The molecule has 0 bridgehead atoms. The topological polar surface area (TPSA) is 109 Å². The number of amides is 3. The molecule has 0 radical (unpaired) electrons. The quantitative estimate of drug-likeness (QED) is 0.281. The predicted octanol–water partition coefficient (Wildman–Crippen LogP) is 2.51. The molecule has 3 amide bonds. The molecule has 0 fully saturated rings. The summed E-state index contributed by atoms with van der Waals surface area (Å²) in [6.07, 6.45) is 0.726. The SMILES string of the molecule is CCCCNC(=O)OC(C)N(NC(C)=O)C(C)OC(=O)NCCCC.Cl. The summed E-state index contributed by atoms with van der Waals surface area (Å²) in [6.45, 7) is 9.50. The molecule has 0 aliphatic heterocycles. The molecule has 0 saturated heterocycles. The lowest BCUT2D eigenvalue weighted by atomic mass is 10.3. The van der Waals surface area contributed by atoms with E-state index in [1.165, 1.54) is 11.9 Å². The van der Waals surface area contributed by atoms with Crippen LogP contribution in [0.5, 0.6) is 0 Å². The Labute approximate surface area is 161 Å². The number of carbonyl (C=O) groups excluding carboxylic acids is 3. The molecule has 0 aliphatic rings. The standard InChI is InChI=1S/C16H32N4O5.ClH/c1-6-8-10-17-15(22)24-13(4)20(19-12(3)21)14(5)25-16(23)18-11-9-7-2;/h13-14H,6-11H2,1-5H3,(H,17,22)(H,18,23)(H,19,21);1H. The summed E-state index contributed by atoms with van der Waals surface area (Å²) < 4.78 is 10.4. The summed E-state index contributed by atoms with van der Waals surface area (Å²) in [5, 5.41) is 6.50. The summed E-state index contributed by atoms with van der Waals surface area (Å²) in [7, 11) is 0. The van der Waals surface area contributed by atoms with Gasteiger partial charge in [0.2, 0.25) is 5.91 Å². The zero-order chi connectivity index (χ0) is 19.2. The first-order valence-corrected chi connectivity index (χ1v) is 8.76. The minimum Gasteiger partial charge on any atom is -0.429 e. The molecular weight excluding hydrogens is 364 g/mol. The van der Waals surface area contributed by atoms with Crippen LogP contribution in [0, 0.1) is 0 Å². The van der Waals surface area contributed by atoms with Gasteiger partial charge in [0.1, 0.15) is 0 Å². The first-order chi connectivity index (χ1) is 11.8. The van der Waals surface area contributed by atoms with E-state index in [2.05, 4.69) is 16.1 Å². The highest BCUT2D eigenvalue weighted by molar-refractivity contribution is 5.85. The number of halogens is 1. The molecule has 26 heavy (non-hydrogen) atoms. The fourth-order valence-corrected chi connectivity index (χ4v) is 1.90. The van der Waals surface area contributed by atoms with Crippen molar-refractivity contribution in [2.45, 2.75) is 72.8 Å². The van der Waals surface area contributed by atoms with Crippen molar-refractivity contribution in [1.29, 1.82) is 0 Å². The van der Waals surface area contributed by atoms with Crippen LogP contribution in [0.1, 0.15) is 60.3 Å². The number of nitrogens with zero attached hydrogens (tertiary/aromatic N) is 1. The third-order valence-electron chi connectivity index (χ3n) is 3.22. The molecular formula is C16H33ClN4O5. The molecule has 0 rings (SSSR count). The Morgan fingerprint density at radius 2 is 1.27 bits per heavy atom. The summed E-state index contributed by atoms with van der Waals surface area (Å²) in [4.78, 5) is 34.9. The van der Waals surface area contributed by atoms with Gasteiger partial charge in [-0.1, -0.05) is 26.7 Å². The first kappa shape index (κ1) is 26.5. The van der Waals surface area contributed by atoms with E-state index in [1.807, 2.05) is 13.8 Å². The number of nitrogens with one attached hydrogen (secondary N) is 3. The number of ether oxygens (including phenoxy) is 2. The second-order valence-electron chi connectivity index (χ2n) is 5.65. The van der Waals surface area contributed by atoms with E-state index >= 15 is 0 Å². The Bertz CT molecular complexity index is 395. The van der Waals surface area contributed by atoms with Gasteiger partial charge in [0, 0.05) is 20.0 Å². The Morgan fingerprint density at radius 1 is 0.885 bits per heavy atom. The highest BCUT2D eigenvalue weighted by Gasteiger charge is 2.26. The minimum atomic E-state index is -0.830. The number of carbonyl (C=O) groups is 3. The van der Waals surface area contributed by atoms with Crippen molar-refractivity contribution < 1.29 is 23.9 Å². The van der Waals surface area contributed by atoms with Crippen LogP contribution in [0.2, 0.25) is 0 Å². The number of hydrogen-bond acceptors (Lipinski definition) is 6. The van der Waals surface area contributed by atoms with Gasteiger partial charge in [-0.25, -0.2) is 9.59 Å². The van der Waals surface area contributed by atoms with Crippen LogP contribution in [-0.2, 0) is 14.3 Å². The van der Waals surface area contributed by atoms with Crippen molar-refractivity contribution in [3.63, 3.8) is 0 Å². The number of alkyl carbamates (subject to hydrolysis) is 2. The van der Waals surface area contributed by atoms with Crippen molar-refractivity contribution in [3.05, 3.63) is 0 Å². The molecule has 10 heteroatoms. The van der Waals surface area contributed by atoms with Crippen molar-refractivity contribution in [2.75, 3.05) is 13.1 Å². The lowest BCUT2D eigenvalue weighted by molar-refractivity contribution is -0.148. The van der Waals surface area contributed by atoms with Crippen molar-refractivity contribution in [2.24, 2.45) is 0 Å². The maximum absolute atomic E-state index is 11.7. The molecule has 0 aromatic rings. The van der Waals surface area contributed by atoms with Crippen LogP contribution in [0.25, 0.3) is 0 Å². The number of unbranched alkanes of at least 4 members (excludes halogenated alkanes) is 2. The van der Waals surface area contributed by atoms with Gasteiger partial charge in [-0.05, 0) is 26.7 Å². The Kier molecular flexibility index (Phi) is 15.8. The first-order valence-electron chi connectivity index (χ1n) is 8.76. The van der Waals surface area contributed by atoms with Crippen molar-refractivity contribution in [1.82, 2.24) is 21.1 Å². The van der Waals surface area contributed by atoms with Crippen LogP contribution in [0.15, 0.2) is 0 Å². The smallest absolute Gasteiger partial charge is 0.408 e. The Balaban J connectivity index is 0. The zero-order valence-corrected chi connectivity index (χ0v) is 17.1. The maximum Gasteiger partial charge on any atom is 0.408 e. The van der Waals surface area contributed by atoms with Gasteiger partial charge in [-0.3, -0.25) is 10.2 Å². The Hall–Kier alpha value is -1.74. The second kappa shape index (κ2) is 15.5. The molecule has 2 unspecified atom stereocenters. The Morgan fingerprint density at radius 3 is 1.58 bits per heavy atom. The minimum absolute atomic E-state index is 0. The molecule has 154 valence electrons. The third-order valence-corrected chi connectivity index (χ3v) is 3.22. The third kappa shape index (κ3) is 12.6. The summed E-state index contributed by atoms with van der Waals surface area (Å²) >= 11 is 0. The lowest BCUT2D eigenvalue weighted by Gasteiger charge is -2.32. The number of hydrogen-bond donors (Lipinski definition) is 3. The van der Waals surface area contributed by atoms with Crippen LogP contribution in [-0.4, -0.2) is 48.6 Å². The molecule has 0 spiro atoms. The van der Waals surface area contributed by atoms with Gasteiger partial charge < -0.3 is 20.1 Å². The maximum atomic E-state index is 11.7. The highest BCUT2D eigenvalue weighted by Crippen LogP contribution is 2.06. The molecule has 0 saturated carbocycles. The summed E-state index contributed by atoms with van der Waals surface area (Å²) in [6, 6.07) is 0. The average molecular weight is 397 g/mol. The second-order valence-corrected chi connectivity index (χ2v) is 5.65. The monoisotopic (exact) mass is 396 g/mol. The van der Waals surface area contributed by atoms with Gasteiger partial charge in [-0.15, -0.1) is 17.4 Å². The molecule has 9 nitrogen and oxygen atoms in total. The van der Waals surface area contributed by atoms with Crippen molar-refractivity contribution >= 4 is 30.5 Å². The highest BCUT2D eigenvalue weighted by atomic mass is 35.5. The van der Waals surface area contributed by atoms with Gasteiger partial charge in [-0.2, -0.15) is 0 Å². The van der Waals surface area contributed by atoms with Crippen LogP contribution < -0.4 is 16.1 Å². The van der Waals surface area contributed by atoms with Gasteiger partial charge >= 0.3 is 12.2 Å². The van der Waals surface area contributed by atoms with Gasteiger partial charge in [0.25, 0.3) is 0 Å². The summed E-state index contributed by atoms with van der Waals surface area (Å²) in [5.74, 6) is -0.372. The van der Waals surface area contributed by atoms with E-state index in [-0.39, 0.29) is 18.3 Å². The number of rotatable bonds is 11. The van der Waals surface area contributed by atoms with Gasteiger partial charge in [0.15, 0.2) is 12.5 Å². The molecule has 0 heterocycles. The molecule has 0 aromatic heterocycles. The molecule has 0 aliphatic carbocycles.